The number of carbonyl (C=O) groups is 1. The number of nitrogens with zero attached hydrogens (tertiary/aromatic N) is 2. The monoisotopic (exact) mass is 366 g/mol. The molecular formula is C22H26N2O3. The molecule has 5 nitrogen and oxygen atoms in total. The molecule has 2 aromatic carbocycles. The summed E-state index contributed by atoms with van der Waals surface area (Å²) in [4.78, 5) is 16.3. The van der Waals surface area contributed by atoms with Gasteiger partial charge in [0.2, 0.25) is 0 Å². The maximum atomic E-state index is 11.9. The predicted molar refractivity (Wildman–Crippen MR) is 106 cm³/mol. The number of ether oxygens (including phenoxy) is 2. The van der Waals surface area contributed by atoms with Crippen molar-refractivity contribution in [1.29, 1.82) is 0 Å². The van der Waals surface area contributed by atoms with Crippen LogP contribution in [0.2, 0.25) is 0 Å². The Morgan fingerprint density at radius 3 is 2.70 bits per heavy atom. The third-order valence-corrected chi connectivity index (χ3v) is 4.46. The molecule has 0 aliphatic rings. The molecule has 0 atom stereocenters. The quantitative estimate of drug-likeness (QED) is 0.413. The van der Waals surface area contributed by atoms with Crippen LogP contribution in [0.4, 0.5) is 0 Å². The Balaban J connectivity index is 1.47. The van der Waals surface area contributed by atoms with Crippen LogP contribution in [0.5, 0.6) is 0 Å². The third kappa shape index (κ3) is 5.17. The van der Waals surface area contributed by atoms with E-state index in [-0.39, 0.29) is 5.97 Å². The summed E-state index contributed by atoms with van der Waals surface area (Å²) < 4.78 is 12.9. The van der Waals surface area contributed by atoms with E-state index in [9.17, 15) is 4.79 Å². The van der Waals surface area contributed by atoms with Crippen molar-refractivity contribution in [3.63, 3.8) is 0 Å². The zero-order valence-electron chi connectivity index (χ0n) is 16.0. The normalized spacial score (nSPS) is 11.0. The van der Waals surface area contributed by atoms with Crippen LogP contribution in [-0.4, -0.2) is 28.7 Å². The van der Waals surface area contributed by atoms with Crippen LogP contribution < -0.4 is 0 Å². The Kier molecular flexibility index (Phi) is 6.60. The second-order valence-corrected chi connectivity index (χ2v) is 6.61. The van der Waals surface area contributed by atoms with Crippen molar-refractivity contribution >= 4 is 17.0 Å². The fraction of sp³-hybridized carbons (Fsp3) is 0.364. The van der Waals surface area contributed by atoms with Gasteiger partial charge in [0.05, 0.1) is 36.1 Å². The van der Waals surface area contributed by atoms with Gasteiger partial charge in [-0.25, -0.2) is 9.78 Å². The fourth-order valence-corrected chi connectivity index (χ4v) is 2.94. The van der Waals surface area contributed by atoms with E-state index >= 15 is 0 Å². The maximum absolute atomic E-state index is 11.9. The Hall–Kier alpha value is -2.66. The van der Waals surface area contributed by atoms with Gasteiger partial charge in [-0.1, -0.05) is 29.8 Å². The average Bonchev–Trinajstić information content (AvgIpc) is 3.08. The molecule has 0 saturated heterocycles. The number of rotatable bonds is 9. The molecule has 0 fully saturated rings. The highest BCUT2D eigenvalue weighted by atomic mass is 16.5. The van der Waals surface area contributed by atoms with Crippen molar-refractivity contribution in [3.05, 3.63) is 65.5 Å². The molecule has 0 bridgehead atoms. The van der Waals surface area contributed by atoms with Gasteiger partial charge in [0.25, 0.3) is 0 Å². The molecule has 0 amide bonds. The summed E-state index contributed by atoms with van der Waals surface area (Å²) in [6.45, 7) is 6.49. The van der Waals surface area contributed by atoms with Crippen molar-refractivity contribution in [2.45, 2.75) is 39.8 Å². The predicted octanol–water partition coefficient (Wildman–Crippen LogP) is 4.52. The SMILES string of the molecule is CCOC(=O)c1ccc2ncn(CCCCOCc3ccc(C)cc3)c2c1. The summed E-state index contributed by atoms with van der Waals surface area (Å²) in [7, 11) is 0. The number of hydrogen-bond acceptors (Lipinski definition) is 4. The molecular weight excluding hydrogens is 340 g/mol. The fourth-order valence-electron chi connectivity index (χ4n) is 2.94. The molecule has 1 heterocycles. The number of imidazole rings is 1. The second-order valence-electron chi connectivity index (χ2n) is 6.61. The standard InChI is InChI=1S/C22H26N2O3/c1-3-27-22(25)19-10-11-20-21(14-19)24(16-23-20)12-4-5-13-26-15-18-8-6-17(2)7-9-18/h6-11,14,16H,3-5,12-13,15H2,1-2H3. The van der Waals surface area contributed by atoms with Gasteiger partial charge in [0.15, 0.2) is 0 Å². The lowest BCUT2D eigenvalue weighted by Crippen LogP contribution is -2.05. The molecule has 5 heteroatoms. The molecule has 1 aromatic heterocycles. The molecule has 0 aliphatic heterocycles. The van der Waals surface area contributed by atoms with E-state index < -0.39 is 0 Å². The van der Waals surface area contributed by atoms with Crippen molar-refractivity contribution in [3.8, 4) is 0 Å². The minimum Gasteiger partial charge on any atom is -0.462 e. The molecule has 0 unspecified atom stereocenters. The van der Waals surface area contributed by atoms with Gasteiger partial charge in [-0.05, 0) is 50.5 Å². The summed E-state index contributed by atoms with van der Waals surface area (Å²) >= 11 is 0. The van der Waals surface area contributed by atoms with Gasteiger partial charge in [0, 0.05) is 13.2 Å². The molecule has 142 valence electrons. The van der Waals surface area contributed by atoms with E-state index in [4.69, 9.17) is 9.47 Å². The van der Waals surface area contributed by atoms with E-state index in [1.54, 1.807) is 6.07 Å². The molecule has 0 radical (unpaired) electrons. The number of esters is 1. The summed E-state index contributed by atoms with van der Waals surface area (Å²) in [5.41, 5.74) is 4.87. The number of carbonyl (C=O) groups excluding carboxylic acids is 1. The van der Waals surface area contributed by atoms with Crippen molar-refractivity contribution in [2.75, 3.05) is 13.2 Å². The van der Waals surface area contributed by atoms with E-state index in [1.807, 2.05) is 25.4 Å². The highest BCUT2D eigenvalue weighted by Crippen LogP contribution is 2.17. The summed E-state index contributed by atoms with van der Waals surface area (Å²) in [6, 6.07) is 13.9. The van der Waals surface area contributed by atoms with Crippen molar-refractivity contribution in [1.82, 2.24) is 9.55 Å². The molecule has 0 N–H and O–H groups in total. The van der Waals surface area contributed by atoms with E-state index in [2.05, 4.69) is 40.7 Å². The van der Waals surface area contributed by atoms with Crippen LogP contribution in [-0.2, 0) is 22.6 Å². The first-order valence-corrected chi connectivity index (χ1v) is 9.42. The highest BCUT2D eigenvalue weighted by molar-refractivity contribution is 5.93. The Labute approximate surface area is 159 Å². The van der Waals surface area contributed by atoms with Crippen LogP contribution in [0.3, 0.4) is 0 Å². The highest BCUT2D eigenvalue weighted by Gasteiger charge is 2.10. The van der Waals surface area contributed by atoms with Crippen LogP contribution >= 0.6 is 0 Å². The number of fused-ring (bicyclic) bond motifs is 1. The molecule has 0 saturated carbocycles. The lowest BCUT2D eigenvalue weighted by molar-refractivity contribution is 0.0526. The number of aromatic nitrogens is 2. The van der Waals surface area contributed by atoms with Crippen molar-refractivity contribution < 1.29 is 14.3 Å². The summed E-state index contributed by atoms with van der Waals surface area (Å²) in [5, 5.41) is 0. The van der Waals surface area contributed by atoms with Gasteiger partial charge in [0.1, 0.15) is 0 Å². The number of benzene rings is 2. The minimum absolute atomic E-state index is 0.295. The van der Waals surface area contributed by atoms with Gasteiger partial charge in [-0.2, -0.15) is 0 Å². The topological polar surface area (TPSA) is 53.3 Å². The Bertz CT molecular complexity index is 884. The Morgan fingerprint density at radius 1 is 1.11 bits per heavy atom. The minimum atomic E-state index is -0.295. The van der Waals surface area contributed by atoms with Crippen LogP contribution in [0.15, 0.2) is 48.8 Å². The first-order chi connectivity index (χ1) is 13.2. The molecule has 27 heavy (non-hydrogen) atoms. The van der Waals surface area contributed by atoms with Gasteiger partial charge < -0.3 is 14.0 Å². The summed E-state index contributed by atoms with van der Waals surface area (Å²) in [6.07, 6.45) is 3.79. The van der Waals surface area contributed by atoms with Gasteiger partial charge >= 0.3 is 5.97 Å². The third-order valence-electron chi connectivity index (χ3n) is 4.46. The number of unbranched alkanes of at least 4 members (excludes halogenated alkanes) is 1. The first kappa shape index (κ1) is 19.1. The van der Waals surface area contributed by atoms with E-state index in [0.29, 0.717) is 18.8 Å². The van der Waals surface area contributed by atoms with Gasteiger partial charge in [-0.3, -0.25) is 0 Å². The number of hydrogen-bond donors (Lipinski definition) is 0. The zero-order chi connectivity index (χ0) is 19.1. The van der Waals surface area contributed by atoms with Crippen LogP contribution in [0, 0.1) is 6.92 Å². The molecule has 3 aromatic rings. The van der Waals surface area contributed by atoms with Crippen LogP contribution in [0.25, 0.3) is 11.0 Å². The largest absolute Gasteiger partial charge is 0.462 e. The average molecular weight is 366 g/mol. The molecule has 3 rings (SSSR count). The summed E-state index contributed by atoms with van der Waals surface area (Å²) in [5.74, 6) is -0.295. The maximum Gasteiger partial charge on any atom is 0.338 e. The lowest BCUT2D eigenvalue weighted by Gasteiger charge is -2.07. The second kappa shape index (κ2) is 9.33. The number of aryl methyl sites for hydroxylation is 2. The Morgan fingerprint density at radius 2 is 1.93 bits per heavy atom. The molecule has 0 spiro atoms. The molecule has 0 aliphatic carbocycles. The van der Waals surface area contributed by atoms with Crippen LogP contribution in [0.1, 0.15) is 41.3 Å². The van der Waals surface area contributed by atoms with E-state index in [0.717, 1.165) is 37.0 Å². The van der Waals surface area contributed by atoms with Crippen molar-refractivity contribution in [2.24, 2.45) is 0 Å². The smallest absolute Gasteiger partial charge is 0.338 e. The first-order valence-electron chi connectivity index (χ1n) is 9.42. The lowest BCUT2D eigenvalue weighted by atomic mass is 10.2. The van der Waals surface area contributed by atoms with Gasteiger partial charge in [-0.15, -0.1) is 0 Å². The zero-order valence-corrected chi connectivity index (χ0v) is 16.0. The van der Waals surface area contributed by atoms with E-state index in [1.165, 1.54) is 11.1 Å².